The van der Waals surface area contributed by atoms with Crippen LogP contribution in [-0.2, 0) is 9.53 Å². The first-order chi connectivity index (χ1) is 18.0. The topological polar surface area (TPSA) is 92.8 Å². The van der Waals surface area contributed by atoms with Gasteiger partial charge < -0.3 is 10.1 Å². The third-order valence-electron chi connectivity index (χ3n) is 6.70. The predicted octanol–water partition coefficient (Wildman–Crippen LogP) is 6.15. The van der Waals surface area contributed by atoms with Gasteiger partial charge in [0.1, 0.15) is 0 Å². The summed E-state index contributed by atoms with van der Waals surface area (Å²) in [6.45, 7) is 11.4. The van der Waals surface area contributed by atoms with E-state index in [0.29, 0.717) is 5.69 Å². The summed E-state index contributed by atoms with van der Waals surface area (Å²) in [6, 6.07) is 15.7. The normalized spacial score (nSPS) is 12.8. The number of amides is 3. The van der Waals surface area contributed by atoms with E-state index in [4.69, 9.17) is 4.74 Å². The molecule has 196 valence electrons. The Labute approximate surface area is 222 Å². The number of carbonyl (C=O) groups is 4. The van der Waals surface area contributed by atoms with E-state index in [0.717, 1.165) is 32.8 Å². The molecule has 0 saturated heterocycles. The molecule has 0 aliphatic carbocycles. The minimum absolute atomic E-state index is 0.0889. The number of anilines is 2. The molecule has 1 heterocycles. The van der Waals surface area contributed by atoms with Crippen molar-refractivity contribution in [2.24, 2.45) is 0 Å². The molecule has 0 aromatic heterocycles. The molecule has 0 bridgehead atoms. The van der Waals surface area contributed by atoms with Crippen molar-refractivity contribution in [2.75, 3.05) is 16.8 Å². The van der Waals surface area contributed by atoms with Crippen molar-refractivity contribution in [3.63, 3.8) is 0 Å². The predicted molar refractivity (Wildman–Crippen MR) is 147 cm³/mol. The summed E-state index contributed by atoms with van der Waals surface area (Å²) >= 11 is 0. The van der Waals surface area contributed by atoms with Gasteiger partial charge in [0.15, 0.2) is 6.61 Å². The molecule has 0 fully saturated rings. The summed E-state index contributed by atoms with van der Waals surface area (Å²) < 4.78 is 5.27. The highest BCUT2D eigenvalue weighted by molar-refractivity contribution is 6.35. The largest absolute Gasteiger partial charge is 0.452 e. The minimum Gasteiger partial charge on any atom is -0.452 e. The molecule has 1 N–H and O–H groups in total. The first-order valence-electron chi connectivity index (χ1n) is 12.7. The molecular formula is C31H32N2O5. The van der Waals surface area contributed by atoms with Crippen LogP contribution in [0.5, 0.6) is 0 Å². The Hall–Kier alpha value is -4.26. The van der Waals surface area contributed by atoms with Crippen LogP contribution in [0.2, 0.25) is 0 Å². The molecule has 4 rings (SSSR count). The summed E-state index contributed by atoms with van der Waals surface area (Å²) in [5, 5.41) is 2.92. The van der Waals surface area contributed by atoms with Gasteiger partial charge in [-0.25, -0.2) is 9.69 Å². The van der Waals surface area contributed by atoms with E-state index in [-0.39, 0.29) is 28.5 Å². The zero-order valence-electron chi connectivity index (χ0n) is 22.5. The number of nitrogens with one attached hydrogen (secondary N) is 1. The van der Waals surface area contributed by atoms with Crippen LogP contribution in [0.3, 0.4) is 0 Å². The van der Waals surface area contributed by atoms with Crippen molar-refractivity contribution < 1.29 is 23.9 Å². The van der Waals surface area contributed by atoms with E-state index in [1.54, 1.807) is 6.07 Å². The van der Waals surface area contributed by atoms with E-state index in [9.17, 15) is 19.2 Å². The zero-order valence-corrected chi connectivity index (χ0v) is 22.5. The van der Waals surface area contributed by atoms with E-state index in [1.165, 1.54) is 18.2 Å². The number of rotatable bonds is 7. The van der Waals surface area contributed by atoms with Crippen molar-refractivity contribution in [3.05, 3.63) is 93.5 Å². The maximum absolute atomic E-state index is 13.2. The van der Waals surface area contributed by atoms with Gasteiger partial charge in [0.2, 0.25) is 0 Å². The summed E-state index contributed by atoms with van der Waals surface area (Å²) in [7, 11) is 0. The standard InChI is InChI=1S/C31H32N2O5/c1-17(2)22-8-7-9-23(18(3)4)28(22)32-27(34)16-38-31(37)21-12-13-24-25(15-21)30(36)33(29(24)35)26-14-19(5)10-11-20(26)6/h7-15,17-18H,16H2,1-6H3,(H,32,34). The summed E-state index contributed by atoms with van der Waals surface area (Å²) in [5.41, 5.74) is 5.41. The number of para-hydroxylation sites is 1. The number of benzene rings is 3. The molecule has 3 aromatic carbocycles. The molecule has 0 atom stereocenters. The molecule has 1 aliphatic heterocycles. The maximum Gasteiger partial charge on any atom is 0.338 e. The van der Waals surface area contributed by atoms with Crippen molar-refractivity contribution in [1.29, 1.82) is 0 Å². The third kappa shape index (κ3) is 5.09. The minimum atomic E-state index is -0.755. The average Bonchev–Trinajstić information content (AvgIpc) is 3.12. The quantitative estimate of drug-likeness (QED) is 0.303. The molecule has 0 unspecified atom stereocenters. The molecule has 0 saturated carbocycles. The van der Waals surface area contributed by atoms with Crippen LogP contribution in [0.15, 0.2) is 54.6 Å². The number of imide groups is 1. The number of carbonyl (C=O) groups excluding carboxylic acids is 4. The van der Waals surface area contributed by atoms with Crippen LogP contribution < -0.4 is 10.2 Å². The van der Waals surface area contributed by atoms with E-state index < -0.39 is 30.3 Å². The Morgan fingerprint density at radius 3 is 2.11 bits per heavy atom. The average molecular weight is 513 g/mol. The van der Waals surface area contributed by atoms with Gasteiger partial charge in [-0.3, -0.25) is 14.4 Å². The number of ether oxygens (including phenoxy) is 1. The molecule has 3 amide bonds. The lowest BCUT2D eigenvalue weighted by Crippen LogP contribution is -2.30. The van der Waals surface area contributed by atoms with Crippen LogP contribution in [0.4, 0.5) is 11.4 Å². The van der Waals surface area contributed by atoms with Crippen LogP contribution in [-0.4, -0.2) is 30.3 Å². The van der Waals surface area contributed by atoms with E-state index in [1.807, 2.05) is 44.2 Å². The summed E-state index contributed by atoms with van der Waals surface area (Å²) in [4.78, 5) is 52.9. The Morgan fingerprint density at radius 2 is 1.47 bits per heavy atom. The SMILES string of the molecule is Cc1ccc(C)c(N2C(=O)c3ccc(C(=O)OCC(=O)Nc4c(C(C)C)cccc4C(C)C)cc3C2=O)c1. The highest BCUT2D eigenvalue weighted by Crippen LogP contribution is 2.33. The molecule has 0 spiro atoms. The number of nitrogens with zero attached hydrogens (tertiary/aromatic N) is 1. The third-order valence-corrected chi connectivity index (χ3v) is 6.70. The highest BCUT2D eigenvalue weighted by Gasteiger charge is 2.38. The Kier molecular flexibility index (Phi) is 7.49. The van der Waals surface area contributed by atoms with Crippen molar-refractivity contribution in [1.82, 2.24) is 0 Å². The lowest BCUT2D eigenvalue weighted by molar-refractivity contribution is -0.119. The van der Waals surface area contributed by atoms with Gasteiger partial charge in [0.25, 0.3) is 17.7 Å². The zero-order chi connectivity index (χ0) is 27.7. The smallest absolute Gasteiger partial charge is 0.338 e. The molecule has 38 heavy (non-hydrogen) atoms. The van der Waals surface area contributed by atoms with Gasteiger partial charge in [-0.1, -0.05) is 58.0 Å². The highest BCUT2D eigenvalue weighted by atomic mass is 16.5. The van der Waals surface area contributed by atoms with Crippen LogP contribution in [0.1, 0.15) is 92.9 Å². The second kappa shape index (κ2) is 10.6. The Morgan fingerprint density at radius 1 is 0.842 bits per heavy atom. The molecule has 0 radical (unpaired) electrons. The summed E-state index contributed by atoms with van der Waals surface area (Å²) in [5.74, 6) is -1.76. The molecular weight excluding hydrogens is 480 g/mol. The lowest BCUT2D eigenvalue weighted by Gasteiger charge is -2.20. The monoisotopic (exact) mass is 512 g/mol. The van der Waals surface area contributed by atoms with E-state index in [2.05, 4.69) is 33.0 Å². The van der Waals surface area contributed by atoms with Crippen molar-refractivity contribution >= 4 is 35.1 Å². The molecule has 1 aliphatic rings. The second-order valence-electron chi connectivity index (χ2n) is 10.2. The molecule has 7 heteroatoms. The number of hydrogen-bond acceptors (Lipinski definition) is 5. The Bertz CT molecular complexity index is 1430. The van der Waals surface area contributed by atoms with Gasteiger partial charge >= 0.3 is 5.97 Å². The maximum atomic E-state index is 13.2. The van der Waals surface area contributed by atoms with Gasteiger partial charge in [-0.05, 0) is 72.2 Å². The fourth-order valence-corrected chi connectivity index (χ4v) is 4.63. The molecule has 3 aromatic rings. The van der Waals surface area contributed by atoms with Crippen LogP contribution in [0.25, 0.3) is 0 Å². The number of esters is 1. The summed E-state index contributed by atoms with van der Waals surface area (Å²) in [6.07, 6.45) is 0. The van der Waals surface area contributed by atoms with Crippen LogP contribution in [0, 0.1) is 13.8 Å². The number of hydrogen-bond donors (Lipinski definition) is 1. The van der Waals surface area contributed by atoms with Crippen LogP contribution >= 0.6 is 0 Å². The number of fused-ring (bicyclic) bond motifs is 1. The van der Waals surface area contributed by atoms with Gasteiger partial charge in [-0.15, -0.1) is 0 Å². The van der Waals surface area contributed by atoms with Crippen molar-refractivity contribution in [2.45, 2.75) is 53.4 Å². The van der Waals surface area contributed by atoms with E-state index >= 15 is 0 Å². The second-order valence-corrected chi connectivity index (χ2v) is 10.2. The van der Waals surface area contributed by atoms with Gasteiger partial charge in [0.05, 0.1) is 22.4 Å². The fourth-order valence-electron chi connectivity index (χ4n) is 4.63. The number of aryl methyl sites for hydroxylation is 2. The Balaban J connectivity index is 1.49. The first-order valence-corrected chi connectivity index (χ1v) is 12.7. The first kappa shape index (κ1) is 26.8. The van der Waals surface area contributed by atoms with Gasteiger partial charge in [-0.2, -0.15) is 0 Å². The van der Waals surface area contributed by atoms with Gasteiger partial charge in [0, 0.05) is 5.69 Å². The lowest BCUT2D eigenvalue weighted by atomic mass is 9.92. The van der Waals surface area contributed by atoms with Crippen molar-refractivity contribution in [3.8, 4) is 0 Å². The fraction of sp³-hybridized carbons (Fsp3) is 0.290. The molecule has 7 nitrogen and oxygen atoms in total.